The van der Waals surface area contributed by atoms with E-state index in [1.54, 1.807) is 6.92 Å². The van der Waals surface area contributed by atoms with Crippen LogP contribution in [0.25, 0.3) is 0 Å². The zero-order valence-corrected chi connectivity index (χ0v) is 14.8. The molecule has 1 aromatic rings. The standard InChI is InChI=1S/C16H17F3N2O4S/c1-9-12(14(22)24-8-7-23-2)13(21-15(26)20-9)10-3-5-11(6-4-10)25-16(17,18)19/h3-6,13H,7-8H2,1-2H3,(H2,20,21,26)/t13-/m1/s1. The fourth-order valence-electron chi connectivity index (χ4n) is 2.37. The lowest BCUT2D eigenvalue weighted by Gasteiger charge is -2.30. The second-order valence-electron chi connectivity index (χ2n) is 5.32. The molecule has 0 bridgehead atoms. The van der Waals surface area contributed by atoms with Crippen LogP contribution in [0, 0.1) is 0 Å². The number of allylic oxidation sites excluding steroid dienone is 1. The number of thiocarbonyl (C=S) groups is 1. The van der Waals surface area contributed by atoms with E-state index in [1.807, 2.05) is 0 Å². The molecule has 1 heterocycles. The summed E-state index contributed by atoms with van der Waals surface area (Å²) in [6.45, 7) is 1.97. The number of carbonyl (C=O) groups excluding carboxylic acids is 1. The van der Waals surface area contributed by atoms with Crippen molar-refractivity contribution in [3.8, 4) is 5.75 Å². The average Bonchev–Trinajstić information content (AvgIpc) is 2.53. The van der Waals surface area contributed by atoms with E-state index in [4.69, 9.17) is 21.7 Å². The first kappa shape index (κ1) is 20.0. The highest BCUT2D eigenvalue weighted by atomic mass is 32.1. The summed E-state index contributed by atoms with van der Waals surface area (Å²) in [5.41, 5.74) is 1.30. The molecule has 0 saturated heterocycles. The number of alkyl halides is 3. The van der Waals surface area contributed by atoms with Crippen molar-refractivity contribution in [2.24, 2.45) is 0 Å². The molecule has 2 rings (SSSR count). The number of benzene rings is 1. The molecule has 0 aromatic heterocycles. The smallest absolute Gasteiger partial charge is 0.460 e. The molecule has 26 heavy (non-hydrogen) atoms. The number of methoxy groups -OCH3 is 1. The van der Waals surface area contributed by atoms with Crippen LogP contribution in [-0.2, 0) is 14.3 Å². The van der Waals surface area contributed by atoms with E-state index in [9.17, 15) is 18.0 Å². The maximum absolute atomic E-state index is 12.4. The minimum Gasteiger partial charge on any atom is -0.460 e. The van der Waals surface area contributed by atoms with Crippen LogP contribution in [0.4, 0.5) is 13.2 Å². The molecule has 1 atom stereocenters. The van der Waals surface area contributed by atoms with Crippen LogP contribution < -0.4 is 15.4 Å². The van der Waals surface area contributed by atoms with Crippen molar-refractivity contribution < 1.29 is 32.2 Å². The second-order valence-corrected chi connectivity index (χ2v) is 5.72. The predicted octanol–water partition coefficient (Wildman–Crippen LogP) is 2.57. The third-order valence-electron chi connectivity index (χ3n) is 3.46. The third-order valence-corrected chi connectivity index (χ3v) is 3.68. The van der Waals surface area contributed by atoms with Gasteiger partial charge in [0, 0.05) is 12.8 Å². The van der Waals surface area contributed by atoms with Crippen molar-refractivity contribution in [3.63, 3.8) is 0 Å². The van der Waals surface area contributed by atoms with Gasteiger partial charge in [0.1, 0.15) is 12.4 Å². The number of rotatable bonds is 6. The number of halogens is 3. The van der Waals surface area contributed by atoms with Gasteiger partial charge in [0.15, 0.2) is 5.11 Å². The molecule has 6 nitrogen and oxygen atoms in total. The topological polar surface area (TPSA) is 68.8 Å². The molecule has 0 radical (unpaired) electrons. The minimum atomic E-state index is -4.77. The van der Waals surface area contributed by atoms with Gasteiger partial charge in [-0.3, -0.25) is 0 Å². The van der Waals surface area contributed by atoms with Crippen LogP contribution in [0.3, 0.4) is 0 Å². The maximum Gasteiger partial charge on any atom is 0.573 e. The van der Waals surface area contributed by atoms with E-state index in [1.165, 1.54) is 31.4 Å². The zero-order chi connectivity index (χ0) is 19.3. The SMILES string of the molecule is COCCOC(=O)C1=C(C)NC(=S)N[C@@H]1c1ccc(OC(F)(F)F)cc1. The Morgan fingerprint density at radius 2 is 1.88 bits per heavy atom. The third kappa shape index (κ3) is 5.33. The number of esters is 1. The van der Waals surface area contributed by atoms with Gasteiger partial charge in [-0.1, -0.05) is 12.1 Å². The Morgan fingerprint density at radius 1 is 1.23 bits per heavy atom. The van der Waals surface area contributed by atoms with Gasteiger partial charge in [-0.15, -0.1) is 13.2 Å². The molecule has 1 aliphatic heterocycles. The molecule has 0 unspecified atom stereocenters. The lowest BCUT2D eigenvalue weighted by atomic mass is 9.95. The first-order valence-electron chi connectivity index (χ1n) is 7.51. The molecule has 0 spiro atoms. The van der Waals surface area contributed by atoms with Gasteiger partial charge in [-0.05, 0) is 36.8 Å². The first-order valence-corrected chi connectivity index (χ1v) is 7.92. The molecule has 0 amide bonds. The van der Waals surface area contributed by atoms with Crippen molar-refractivity contribution in [2.45, 2.75) is 19.3 Å². The van der Waals surface area contributed by atoms with Gasteiger partial charge in [-0.2, -0.15) is 0 Å². The quantitative estimate of drug-likeness (QED) is 0.440. The largest absolute Gasteiger partial charge is 0.573 e. The fraction of sp³-hybridized carbons (Fsp3) is 0.375. The molecule has 142 valence electrons. The van der Waals surface area contributed by atoms with Crippen LogP contribution in [0.1, 0.15) is 18.5 Å². The molecule has 0 aliphatic carbocycles. The molecule has 10 heteroatoms. The van der Waals surface area contributed by atoms with Crippen LogP contribution in [0.5, 0.6) is 5.75 Å². The van der Waals surface area contributed by atoms with Crippen molar-refractivity contribution in [1.82, 2.24) is 10.6 Å². The number of nitrogens with one attached hydrogen (secondary N) is 2. The Morgan fingerprint density at radius 3 is 2.46 bits per heavy atom. The average molecular weight is 390 g/mol. The summed E-state index contributed by atoms with van der Waals surface area (Å²) in [6.07, 6.45) is -4.77. The lowest BCUT2D eigenvalue weighted by Crippen LogP contribution is -2.45. The maximum atomic E-state index is 12.4. The summed E-state index contributed by atoms with van der Waals surface area (Å²) in [7, 11) is 1.48. The molecular weight excluding hydrogens is 373 g/mol. The van der Waals surface area contributed by atoms with Gasteiger partial charge in [-0.25, -0.2) is 4.79 Å². The predicted molar refractivity (Wildman–Crippen MR) is 90.3 cm³/mol. The zero-order valence-electron chi connectivity index (χ0n) is 14.0. The number of ether oxygens (including phenoxy) is 3. The van der Waals surface area contributed by atoms with Crippen LogP contribution in [0.2, 0.25) is 0 Å². The monoisotopic (exact) mass is 390 g/mol. The summed E-state index contributed by atoms with van der Waals surface area (Å²) in [6, 6.07) is 4.50. The van der Waals surface area contributed by atoms with E-state index in [0.717, 1.165) is 0 Å². The Bertz CT molecular complexity index is 704. The van der Waals surface area contributed by atoms with Crippen molar-refractivity contribution >= 4 is 23.3 Å². The number of hydrogen-bond acceptors (Lipinski definition) is 5. The van der Waals surface area contributed by atoms with Crippen molar-refractivity contribution in [1.29, 1.82) is 0 Å². The van der Waals surface area contributed by atoms with E-state index in [-0.39, 0.29) is 29.6 Å². The molecule has 2 N–H and O–H groups in total. The molecule has 0 fully saturated rings. The Kier molecular flexibility index (Phi) is 6.43. The Balaban J connectivity index is 2.25. The van der Waals surface area contributed by atoms with Gasteiger partial charge < -0.3 is 24.8 Å². The number of hydrogen-bond donors (Lipinski definition) is 2. The van der Waals surface area contributed by atoms with Gasteiger partial charge in [0.2, 0.25) is 0 Å². The summed E-state index contributed by atoms with van der Waals surface area (Å²) in [4.78, 5) is 12.4. The molecular formula is C16H17F3N2O4S. The van der Waals surface area contributed by atoms with Crippen LogP contribution in [-0.4, -0.2) is 37.8 Å². The molecule has 1 aromatic carbocycles. The van der Waals surface area contributed by atoms with E-state index in [0.29, 0.717) is 11.3 Å². The summed E-state index contributed by atoms with van der Waals surface area (Å²) >= 11 is 5.10. The molecule has 0 saturated carbocycles. The Labute approximate surface area is 153 Å². The summed E-state index contributed by atoms with van der Waals surface area (Å²) in [5.74, 6) is -0.939. The van der Waals surface area contributed by atoms with E-state index >= 15 is 0 Å². The highest BCUT2D eigenvalue weighted by molar-refractivity contribution is 7.80. The first-order chi connectivity index (χ1) is 12.2. The molecule has 1 aliphatic rings. The van der Waals surface area contributed by atoms with Gasteiger partial charge >= 0.3 is 12.3 Å². The van der Waals surface area contributed by atoms with Crippen LogP contribution in [0.15, 0.2) is 35.5 Å². The van der Waals surface area contributed by atoms with E-state index < -0.39 is 18.4 Å². The lowest BCUT2D eigenvalue weighted by molar-refractivity contribution is -0.274. The highest BCUT2D eigenvalue weighted by Gasteiger charge is 2.33. The van der Waals surface area contributed by atoms with Crippen molar-refractivity contribution in [3.05, 3.63) is 41.1 Å². The highest BCUT2D eigenvalue weighted by Crippen LogP contribution is 2.30. The number of carbonyl (C=O) groups is 1. The fourth-order valence-corrected chi connectivity index (χ4v) is 2.64. The van der Waals surface area contributed by atoms with Gasteiger partial charge in [0.05, 0.1) is 18.2 Å². The second kappa shape index (κ2) is 8.37. The van der Waals surface area contributed by atoms with Gasteiger partial charge in [0.25, 0.3) is 0 Å². The van der Waals surface area contributed by atoms with Crippen LogP contribution >= 0.6 is 12.2 Å². The normalized spacial score (nSPS) is 17.4. The minimum absolute atomic E-state index is 0.0711. The Hall–Kier alpha value is -2.33. The van der Waals surface area contributed by atoms with E-state index in [2.05, 4.69) is 15.4 Å². The summed E-state index contributed by atoms with van der Waals surface area (Å²) in [5, 5.41) is 6.05. The summed E-state index contributed by atoms with van der Waals surface area (Å²) < 4.78 is 50.7. The van der Waals surface area contributed by atoms with Crippen molar-refractivity contribution in [2.75, 3.05) is 20.3 Å².